The van der Waals surface area contributed by atoms with Gasteiger partial charge in [-0.3, -0.25) is 9.59 Å². The van der Waals surface area contributed by atoms with Gasteiger partial charge in [0.15, 0.2) is 0 Å². The number of carbonyl (C=O) groups is 2. The number of fused-ring (bicyclic) bond motifs is 3. The molecule has 1 aromatic heterocycles. The van der Waals surface area contributed by atoms with Crippen molar-refractivity contribution in [2.45, 2.75) is 10.1 Å². The molecule has 0 N–H and O–H groups in total. The first-order valence-corrected chi connectivity index (χ1v) is 8.16. The Bertz CT molecular complexity index is 865. The number of nitrogens with zero attached hydrogens (tertiary/aromatic N) is 2. The van der Waals surface area contributed by atoms with Gasteiger partial charge in [-0.2, -0.15) is 0 Å². The average molecular weight is 324 g/mol. The molecule has 0 bridgehead atoms. The van der Waals surface area contributed by atoms with Crippen LogP contribution in [0.4, 0.5) is 0 Å². The summed E-state index contributed by atoms with van der Waals surface area (Å²) in [6.45, 7) is 0. The van der Waals surface area contributed by atoms with Crippen molar-refractivity contribution in [3.8, 4) is 0 Å². The summed E-state index contributed by atoms with van der Waals surface area (Å²) < 4.78 is 0. The topological polar surface area (TPSA) is 59.9 Å². The van der Waals surface area contributed by atoms with Gasteiger partial charge in [0.25, 0.3) is 0 Å². The summed E-state index contributed by atoms with van der Waals surface area (Å²) in [4.78, 5) is 33.8. The van der Waals surface area contributed by atoms with E-state index in [1.807, 2.05) is 24.3 Å². The lowest BCUT2D eigenvalue weighted by molar-refractivity contribution is 0.105. The lowest BCUT2D eigenvalue weighted by Gasteiger charge is -2.13. The number of thioether (sulfide) groups is 2. The molecule has 0 unspecified atom stereocenters. The fraction of sp³-hybridized carbons (Fsp3) is 0. The SMILES string of the molecule is O=C1Sc2nc3ccccc3nc2SC(=O)c2ccccc21. The van der Waals surface area contributed by atoms with Gasteiger partial charge in [0, 0.05) is 11.1 Å². The minimum Gasteiger partial charge on any atom is -0.281 e. The van der Waals surface area contributed by atoms with Crippen LogP contribution in [0.2, 0.25) is 0 Å². The van der Waals surface area contributed by atoms with Crippen LogP contribution >= 0.6 is 23.5 Å². The molecule has 0 aliphatic carbocycles. The van der Waals surface area contributed by atoms with Gasteiger partial charge < -0.3 is 0 Å². The highest BCUT2D eigenvalue weighted by molar-refractivity contribution is 8.17. The van der Waals surface area contributed by atoms with Crippen LogP contribution in [0.3, 0.4) is 0 Å². The van der Waals surface area contributed by atoms with Gasteiger partial charge in [-0.25, -0.2) is 9.97 Å². The number of hydrogen-bond acceptors (Lipinski definition) is 6. The van der Waals surface area contributed by atoms with Gasteiger partial charge in [-0.1, -0.05) is 24.3 Å². The Kier molecular flexibility index (Phi) is 3.20. The molecule has 0 atom stereocenters. The van der Waals surface area contributed by atoms with Crippen molar-refractivity contribution in [1.82, 2.24) is 9.97 Å². The van der Waals surface area contributed by atoms with Gasteiger partial charge >= 0.3 is 0 Å². The van der Waals surface area contributed by atoms with E-state index >= 15 is 0 Å². The molecule has 4 nitrogen and oxygen atoms in total. The summed E-state index contributed by atoms with van der Waals surface area (Å²) in [5.41, 5.74) is 2.27. The second-order valence-electron chi connectivity index (χ2n) is 4.65. The third kappa shape index (κ3) is 2.20. The maximum atomic E-state index is 12.4. The number of carbonyl (C=O) groups excluding carboxylic acids is 2. The van der Waals surface area contributed by atoms with Crippen molar-refractivity contribution in [1.29, 1.82) is 0 Å². The Labute approximate surface area is 134 Å². The lowest BCUT2D eigenvalue weighted by atomic mass is 10.1. The van der Waals surface area contributed by atoms with Gasteiger partial charge in [0.05, 0.1) is 11.0 Å². The normalized spacial score (nSPS) is 14.2. The Balaban J connectivity index is 1.91. The van der Waals surface area contributed by atoms with Crippen LogP contribution in [0.25, 0.3) is 11.0 Å². The molecular formula is C16H8N2O2S2. The highest BCUT2D eigenvalue weighted by Crippen LogP contribution is 2.37. The summed E-state index contributed by atoms with van der Waals surface area (Å²) >= 11 is 2.04. The predicted molar refractivity (Wildman–Crippen MR) is 86.4 cm³/mol. The molecule has 0 amide bonds. The maximum Gasteiger partial charge on any atom is 0.226 e. The summed E-state index contributed by atoms with van der Waals surface area (Å²) in [5, 5.41) is 0.596. The Morgan fingerprint density at radius 1 is 0.636 bits per heavy atom. The largest absolute Gasteiger partial charge is 0.281 e. The van der Waals surface area contributed by atoms with Crippen molar-refractivity contribution in [3.63, 3.8) is 0 Å². The predicted octanol–water partition coefficient (Wildman–Crippen LogP) is 3.81. The number of rotatable bonds is 0. The van der Waals surface area contributed by atoms with E-state index in [4.69, 9.17) is 0 Å². The summed E-state index contributed by atoms with van der Waals surface area (Å²) in [6.07, 6.45) is 0. The summed E-state index contributed by atoms with van der Waals surface area (Å²) in [6, 6.07) is 14.3. The Hall–Kier alpha value is -2.18. The van der Waals surface area contributed by atoms with Gasteiger partial charge in [0.2, 0.25) is 10.2 Å². The van der Waals surface area contributed by atoms with Gasteiger partial charge in [0.1, 0.15) is 10.1 Å². The van der Waals surface area contributed by atoms with Crippen LogP contribution in [0.1, 0.15) is 20.7 Å². The van der Waals surface area contributed by atoms with Gasteiger partial charge in [-0.15, -0.1) is 0 Å². The summed E-state index contributed by atoms with van der Waals surface area (Å²) in [7, 11) is 0. The first kappa shape index (κ1) is 13.5. The van der Waals surface area contributed by atoms with E-state index in [2.05, 4.69) is 9.97 Å². The standard InChI is InChI=1S/C16H8N2O2S2/c19-15-9-5-1-2-6-10(9)16(20)22-14-13(21-15)17-11-7-3-4-8-12(11)18-14/h1-8H. The summed E-state index contributed by atoms with van der Waals surface area (Å²) in [5.74, 6) is 0. The molecule has 2 aromatic carbocycles. The zero-order valence-electron chi connectivity index (χ0n) is 11.1. The van der Waals surface area contributed by atoms with E-state index in [0.29, 0.717) is 32.2 Å². The van der Waals surface area contributed by atoms with E-state index < -0.39 is 0 Å². The fourth-order valence-corrected chi connectivity index (χ4v) is 3.96. The molecule has 1 aliphatic heterocycles. The van der Waals surface area contributed by atoms with Crippen LogP contribution in [-0.2, 0) is 0 Å². The Morgan fingerprint density at radius 3 is 1.50 bits per heavy atom. The van der Waals surface area contributed by atoms with Crippen molar-refractivity contribution >= 4 is 44.8 Å². The smallest absolute Gasteiger partial charge is 0.226 e. The molecule has 22 heavy (non-hydrogen) atoms. The maximum absolute atomic E-state index is 12.4. The minimum atomic E-state index is -0.185. The first-order valence-electron chi connectivity index (χ1n) is 6.52. The van der Waals surface area contributed by atoms with Crippen molar-refractivity contribution in [3.05, 3.63) is 59.7 Å². The molecule has 3 aromatic rings. The third-order valence-corrected chi connectivity index (χ3v) is 5.15. The quantitative estimate of drug-likeness (QED) is 0.627. The van der Waals surface area contributed by atoms with Crippen LogP contribution in [0.15, 0.2) is 58.6 Å². The molecule has 0 fully saturated rings. The lowest BCUT2D eigenvalue weighted by Crippen LogP contribution is -2.09. The molecule has 0 spiro atoms. The van der Waals surface area contributed by atoms with Crippen LogP contribution in [0.5, 0.6) is 0 Å². The van der Waals surface area contributed by atoms with E-state index in [-0.39, 0.29) is 10.2 Å². The van der Waals surface area contributed by atoms with Crippen molar-refractivity contribution in [2.24, 2.45) is 0 Å². The molecule has 0 radical (unpaired) electrons. The number of aromatic nitrogens is 2. The van der Waals surface area contributed by atoms with E-state index in [1.165, 1.54) is 0 Å². The van der Waals surface area contributed by atoms with Crippen LogP contribution in [-0.4, -0.2) is 20.2 Å². The average Bonchev–Trinajstić information content (AvgIpc) is 2.54. The highest BCUT2D eigenvalue weighted by atomic mass is 32.2. The number of hydrogen-bond donors (Lipinski definition) is 0. The molecule has 2 heterocycles. The number of benzene rings is 2. The second kappa shape index (κ2) is 5.23. The second-order valence-corrected chi connectivity index (χ2v) is 6.57. The molecule has 0 saturated heterocycles. The fourth-order valence-electron chi connectivity index (χ4n) is 2.23. The number of para-hydroxylation sites is 2. The monoisotopic (exact) mass is 324 g/mol. The van der Waals surface area contributed by atoms with Crippen LogP contribution in [0, 0.1) is 0 Å². The van der Waals surface area contributed by atoms with Gasteiger partial charge in [-0.05, 0) is 47.8 Å². The highest BCUT2D eigenvalue weighted by Gasteiger charge is 2.26. The molecule has 4 rings (SSSR count). The van der Waals surface area contributed by atoms with Crippen molar-refractivity contribution < 1.29 is 9.59 Å². The first-order chi connectivity index (χ1) is 10.7. The van der Waals surface area contributed by atoms with Crippen LogP contribution < -0.4 is 0 Å². The zero-order valence-corrected chi connectivity index (χ0v) is 12.8. The molecule has 1 aliphatic rings. The van der Waals surface area contributed by atoms with E-state index in [0.717, 1.165) is 23.5 Å². The molecular weight excluding hydrogens is 316 g/mol. The third-order valence-electron chi connectivity index (χ3n) is 3.25. The minimum absolute atomic E-state index is 0.185. The zero-order chi connectivity index (χ0) is 15.1. The molecule has 6 heteroatoms. The Morgan fingerprint density at radius 2 is 1.05 bits per heavy atom. The van der Waals surface area contributed by atoms with E-state index in [1.54, 1.807) is 24.3 Å². The van der Waals surface area contributed by atoms with Crippen molar-refractivity contribution in [2.75, 3.05) is 0 Å². The molecule has 0 saturated carbocycles. The van der Waals surface area contributed by atoms with E-state index in [9.17, 15) is 9.59 Å². The molecule has 106 valence electrons.